The molecule has 0 fully saturated rings. The van der Waals surface area contributed by atoms with Crippen molar-refractivity contribution in [2.75, 3.05) is 13.2 Å². The molecule has 17 heavy (non-hydrogen) atoms. The van der Waals surface area contributed by atoms with E-state index in [9.17, 15) is 14.4 Å². The summed E-state index contributed by atoms with van der Waals surface area (Å²) in [5, 5.41) is 7.60. The number of ether oxygens (including phenoxy) is 2. The average Bonchev–Trinajstić information content (AvgIpc) is 2.34. The van der Waals surface area contributed by atoms with Crippen LogP contribution in [-0.4, -0.2) is 36.2 Å². The minimum absolute atomic E-state index is 0.0322. The number of aliphatic carboxylic acids is 1. The first kappa shape index (κ1) is 17.0. The average molecular weight is 242 g/mol. The fraction of sp³-hybridized carbons (Fsp3) is 0.182. The molecule has 0 aliphatic heterocycles. The number of carbonyl (C=O) groups excluding carboxylic acids is 2. The molecule has 0 heterocycles. The van der Waals surface area contributed by atoms with E-state index in [1.807, 2.05) is 0 Å². The van der Waals surface area contributed by atoms with Crippen LogP contribution in [0.15, 0.2) is 38.0 Å². The van der Waals surface area contributed by atoms with E-state index in [-0.39, 0.29) is 13.2 Å². The van der Waals surface area contributed by atoms with E-state index < -0.39 is 17.9 Å². The molecule has 0 aliphatic carbocycles. The zero-order valence-corrected chi connectivity index (χ0v) is 9.26. The Labute approximate surface area is 98.8 Å². The maximum Gasteiger partial charge on any atom is 0.330 e. The third-order valence-corrected chi connectivity index (χ3v) is 1.08. The Morgan fingerprint density at radius 1 is 0.882 bits per heavy atom. The highest BCUT2D eigenvalue weighted by Crippen LogP contribution is 1.82. The van der Waals surface area contributed by atoms with Gasteiger partial charge in [0, 0.05) is 18.2 Å². The molecule has 1 N–H and O–H groups in total. The van der Waals surface area contributed by atoms with Crippen molar-refractivity contribution in [3.05, 3.63) is 38.0 Å². The zero-order chi connectivity index (χ0) is 13.7. The molecular formula is C11H14O6. The highest BCUT2D eigenvalue weighted by Gasteiger charge is 1.97. The van der Waals surface area contributed by atoms with Gasteiger partial charge < -0.3 is 14.6 Å². The molecule has 0 saturated carbocycles. The van der Waals surface area contributed by atoms with Gasteiger partial charge in [0.1, 0.15) is 13.2 Å². The van der Waals surface area contributed by atoms with Crippen molar-refractivity contribution in [3.63, 3.8) is 0 Å². The van der Waals surface area contributed by atoms with Crippen LogP contribution < -0.4 is 0 Å². The first-order valence-corrected chi connectivity index (χ1v) is 4.41. The lowest BCUT2D eigenvalue weighted by Crippen LogP contribution is -2.10. The zero-order valence-electron chi connectivity index (χ0n) is 9.26. The predicted molar refractivity (Wildman–Crippen MR) is 60.1 cm³/mol. The molecule has 0 atom stereocenters. The van der Waals surface area contributed by atoms with Crippen LogP contribution in [0.25, 0.3) is 0 Å². The molecule has 94 valence electrons. The van der Waals surface area contributed by atoms with Crippen molar-refractivity contribution in [1.82, 2.24) is 0 Å². The van der Waals surface area contributed by atoms with Gasteiger partial charge in [-0.25, -0.2) is 14.4 Å². The summed E-state index contributed by atoms with van der Waals surface area (Å²) in [5.41, 5.74) is 0. The van der Waals surface area contributed by atoms with E-state index in [4.69, 9.17) is 5.11 Å². The number of carboxylic acid groups (broad SMARTS) is 1. The molecule has 0 aliphatic rings. The van der Waals surface area contributed by atoms with E-state index in [0.717, 1.165) is 18.2 Å². The highest BCUT2D eigenvalue weighted by molar-refractivity contribution is 5.81. The second kappa shape index (κ2) is 11.7. The summed E-state index contributed by atoms with van der Waals surface area (Å²) in [5.74, 6) is -2.06. The summed E-state index contributed by atoms with van der Waals surface area (Å²) in [4.78, 5) is 30.1. The molecule has 0 radical (unpaired) electrons. The molecule has 0 aromatic heterocycles. The number of rotatable bonds is 6. The minimum atomic E-state index is -0.981. The van der Waals surface area contributed by atoms with Crippen LogP contribution >= 0.6 is 0 Å². The summed E-state index contributed by atoms with van der Waals surface area (Å²) in [6.45, 7) is 9.41. The van der Waals surface area contributed by atoms with E-state index in [1.165, 1.54) is 0 Å². The van der Waals surface area contributed by atoms with Gasteiger partial charge in [-0.1, -0.05) is 19.7 Å². The van der Waals surface area contributed by atoms with Gasteiger partial charge in [0.05, 0.1) is 0 Å². The molecule has 6 nitrogen and oxygen atoms in total. The van der Waals surface area contributed by atoms with Gasteiger partial charge in [0.15, 0.2) is 0 Å². The molecule has 0 amide bonds. The van der Waals surface area contributed by atoms with Crippen molar-refractivity contribution in [2.24, 2.45) is 0 Å². The predicted octanol–water partition coefficient (Wildman–Crippen LogP) is 0.702. The van der Waals surface area contributed by atoms with Crippen molar-refractivity contribution in [2.45, 2.75) is 0 Å². The summed E-state index contributed by atoms with van der Waals surface area (Å²) < 4.78 is 9.04. The van der Waals surface area contributed by atoms with Crippen LogP contribution in [0.5, 0.6) is 0 Å². The number of hydrogen-bond donors (Lipinski definition) is 1. The number of hydrogen-bond acceptors (Lipinski definition) is 5. The van der Waals surface area contributed by atoms with Crippen molar-refractivity contribution in [1.29, 1.82) is 0 Å². The smallest absolute Gasteiger partial charge is 0.330 e. The lowest BCUT2D eigenvalue weighted by Gasteiger charge is -2.01. The summed E-state index contributed by atoms with van der Waals surface area (Å²) >= 11 is 0. The van der Waals surface area contributed by atoms with Crippen LogP contribution in [0, 0.1) is 0 Å². The Bertz CT molecular complexity index is 283. The van der Waals surface area contributed by atoms with Gasteiger partial charge in [0.25, 0.3) is 0 Å². The van der Waals surface area contributed by atoms with Gasteiger partial charge in [-0.3, -0.25) is 0 Å². The molecule has 0 aromatic carbocycles. The van der Waals surface area contributed by atoms with Crippen LogP contribution in [0.4, 0.5) is 0 Å². The first-order valence-electron chi connectivity index (χ1n) is 4.41. The molecule has 0 rings (SSSR count). The van der Waals surface area contributed by atoms with Gasteiger partial charge in [-0.2, -0.15) is 0 Å². The normalized spacial score (nSPS) is 7.76. The molecule has 0 saturated heterocycles. The van der Waals surface area contributed by atoms with E-state index >= 15 is 0 Å². The summed E-state index contributed by atoms with van der Waals surface area (Å²) in [6, 6.07) is 0. The molecule has 0 bridgehead atoms. The number of esters is 2. The van der Waals surface area contributed by atoms with Crippen LogP contribution in [0.2, 0.25) is 0 Å². The van der Waals surface area contributed by atoms with E-state index in [2.05, 4.69) is 29.2 Å². The van der Waals surface area contributed by atoms with Crippen LogP contribution in [0.1, 0.15) is 0 Å². The van der Waals surface area contributed by atoms with Gasteiger partial charge in [0.2, 0.25) is 0 Å². The van der Waals surface area contributed by atoms with Crippen LogP contribution in [0.3, 0.4) is 0 Å². The maximum absolute atomic E-state index is 10.4. The third kappa shape index (κ3) is 16.3. The lowest BCUT2D eigenvalue weighted by atomic mass is 10.6. The van der Waals surface area contributed by atoms with Crippen LogP contribution in [-0.2, 0) is 23.9 Å². The van der Waals surface area contributed by atoms with Crippen molar-refractivity contribution >= 4 is 17.9 Å². The molecule has 0 spiro atoms. The number of carbonyl (C=O) groups is 3. The third-order valence-electron chi connectivity index (χ3n) is 1.08. The fourth-order valence-electron chi connectivity index (χ4n) is 0.402. The Kier molecular flexibility index (Phi) is 11.7. The van der Waals surface area contributed by atoms with Gasteiger partial charge in [-0.05, 0) is 0 Å². The maximum atomic E-state index is 10.4. The van der Waals surface area contributed by atoms with Crippen molar-refractivity contribution < 1.29 is 29.0 Å². The summed E-state index contributed by atoms with van der Waals surface area (Å²) in [6.07, 6.45) is 2.91. The lowest BCUT2D eigenvalue weighted by molar-refractivity contribution is -0.146. The molecular weight excluding hydrogens is 228 g/mol. The van der Waals surface area contributed by atoms with E-state index in [1.54, 1.807) is 0 Å². The Morgan fingerprint density at radius 2 is 1.18 bits per heavy atom. The standard InChI is InChI=1S/C8H10O4.C3H4O2/c1-3-7(9)11-5-6-12-8(10)4-2;1-2-3(4)5/h3-4H,1-2,5-6H2;2H,1H2,(H,4,5). The SMILES string of the molecule is C=CC(=O)O.C=CC(=O)OCCOC(=O)C=C. The Morgan fingerprint density at radius 3 is 1.35 bits per heavy atom. The number of carboxylic acids is 1. The molecule has 0 aromatic rings. The largest absolute Gasteiger partial charge is 0.478 e. The second-order valence-corrected chi connectivity index (χ2v) is 2.29. The highest BCUT2D eigenvalue weighted by atomic mass is 16.6. The minimum Gasteiger partial charge on any atom is -0.478 e. The Hall–Kier alpha value is -2.37. The van der Waals surface area contributed by atoms with Gasteiger partial charge >= 0.3 is 17.9 Å². The topological polar surface area (TPSA) is 89.9 Å². The van der Waals surface area contributed by atoms with Crippen molar-refractivity contribution in [3.8, 4) is 0 Å². The van der Waals surface area contributed by atoms with Gasteiger partial charge in [-0.15, -0.1) is 0 Å². The van der Waals surface area contributed by atoms with E-state index in [0.29, 0.717) is 0 Å². The molecule has 0 unspecified atom stereocenters. The second-order valence-electron chi connectivity index (χ2n) is 2.29. The Balaban J connectivity index is 0. The molecule has 6 heteroatoms. The monoisotopic (exact) mass is 242 g/mol. The first-order chi connectivity index (χ1) is 7.97. The fourth-order valence-corrected chi connectivity index (χ4v) is 0.402. The quantitative estimate of drug-likeness (QED) is 0.419. The summed E-state index contributed by atoms with van der Waals surface area (Å²) in [7, 11) is 0.